The molecule has 1 saturated carbocycles. The molecule has 0 aromatic heterocycles. The van der Waals surface area contributed by atoms with Crippen LogP contribution in [0.2, 0.25) is 0 Å². The topological polar surface area (TPSA) is 26.3 Å². The summed E-state index contributed by atoms with van der Waals surface area (Å²) in [6.45, 7) is 8.92. The lowest BCUT2D eigenvalue weighted by Crippen LogP contribution is -2.11. The summed E-state index contributed by atoms with van der Waals surface area (Å²) >= 11 is 0. The van der Waals surface area contributed by atoms with Crippen molar-refractivity contribution in [2.24, 2.45) is 17.3 Å². The summed E-state index contributed by atoms with van der Waals surface area (Å²) in [5.74, 6) is 0.429. The molecule has 2 atom stereocenters. The molecule has 15 heavy (non-hydrogen) atoms. The Kier molecular flexibility index (Phi) is 3.95. The third kappa shape index (κ3) is 2.61. The predicted molar refractivity (Wildman–Crippen MR) is 61.4 cm³/mol. The Balaban J connectivity index is 2.41. The zero-order valence-corrected chi connectivity index (χ0v) is 10.2. The van der Waals surface area contributed by atoms with Crippen molar-refractivity contribution < 1.29 is 9.53 Å². The first kappa shape index (κ1) is 12.3. The third-order valence-corrected chi connectivity index (χ3v) is 3.31. The first-order valence-electron chi connectivity index (χ1n) is 5.85. The van der Waals surface area contributed by atoms with Crippen molar-refractivity contribution >= 4 is 5.97 Å². The van der Waals surface area contributed by atoms with Gasteiger partial charge in [-0.25, -0.2) is 0 Å². The van der Waals surface area contributed by atoms with Crippen LogP contribution in [-0.4, -0.2) is 12.6 Å². The number of carbonyl (C=O) groups is 1. The van der Waals surface area contributed by atoms with Crippen LogP contribution in [0.3, 0.4) is 0 Å². The van der Waals surface area contributed by atoms with Crippen LogP contribution in [0, 0.1) is 17.3 Å². The molecule has 0 bridgehead atoms. The van der Waals surface area contributed by atoms with Crippen molar-refractivity contribution in [3.8, 4) is 0 Å². The molecule has 0 amide bonds. The van der Waals surface area contributed by atoms with Crippen molar-refractivity contribution in [1.29, 1.82) is 0 Å². The van der Waals surface area contributed by atoms with Gasteiger partial charge in [-0.1, -0.05) is 39.3 Å². The van der Waals surface area contributed by atoms with Gasteiger partial charge in [-0.2, -0.15) is 0 Å². The van der Waals surface area contributed by atoms with Crippen LogP contribution in [0.4, 0.5) is 0 Å². The van der Waals surface area contributed by atoms with E-state index in [9.17, 15) is 4.79 Å². The van der Waals surface area contributed by atoms with Crippen LogP contribution >= 0.6 is 0 Å². The summed E-state index contributed by atoms with van der Waals surface area (Å²) in [7, 11) is 0. The molecular weight excluding hydrogens is 188 g/mol. The fourth-order valence-electron chi connectivity index (χ4n) is 2.10. The summed E-state index contributed by atoms with van der Waals surface area (Å²) in [5, 5.41) is 0. The third-order valence-electron chi connectivity index (χ3n) is 3.31. The monoisotopic (exact) mass is 210 g/mol. The van der Waals surface area contributed by atoms with E-state index in [0.29, 0.717) is 12.5 Å². The van der Waals surface area contributed by atoms with Gasteiger partial charge in [0.05, 0.1) is 12.5 Å². The van der Waals surface area contributed by atoms with E-state index in [1.165, 1.54) is 0 Å². The molecule has 0 saturated heterocycles. The smallest absolute Gasteiger partial charge is 0.310 e. The molecule has 0 aliphatic heterocycles. The molecule has 2 unspecified atom stereocenters. The van der Waals surface area contributed by atoms with Gasteiger partial charge in [0.15, 0.2) is 0 Å². The molecule has 0 radical (unpaired) electrons. The van der Waals surface area contributed by atoms with E-state index in [4.69, 9.17) is 4.74 Å². The first-order valence-corrected chi connectivity index (χ1v) is 5.85. The number of ether oxygens (including phenoxy) is 1. The highest BCUT2D eigenvalue weighted by Crippen LogP contribution is 2.59. The molecule has 0 aromatic rings. The van der Waals surface area contributed by atoms with Crippen molar-refractivity contribution in [2.75, 3.05) is 6.61 Å². The van der Waals surface area contributed by atoms with Gasteiger partial charge in [-0.15, -0.1) is 0 Å². The fourth-order valence-corrected chi connectivity index (χ4v) is 2.10. The lowest BCUT2D eigenvalue weighted by Gasteiger charge is -2.04. The number of esters is 1. The van der Waals surface area contributed by atoms with E-state index in [-0.39, 0.29) is 17.3 Å². The average Bonchev–Trinajstić information content (AvgIpc) is 2.69. The minimum atomic E-state index is -0.0171. The Morgan fingerprint density at radius 3 is 2.67 bits per heavy atom. The van der Waals surface area contributed by atoms with Gasteiger partial charge in [0.1, 0.15) is 0 Å². The number of allylic oxidation sites excluding steroid dienone is 2. The molecule has 2 nitrogen and oxygen atoms in total. The number of carbonyl (C=O) groups excluding carboxylic acids is 1. The molecule has 1 rings (SSSR count). The van der Waals surface area contributed by atoms with Crippen LogP contribution in [0.5, 0.6) is 0 Å². The maximum absolute atomic E-state index is 11.7. The number of hydrogen-bond donors (Lipinski definition) is 0. The minimum Gasteiger partial charge on any atom is -0.465 e. The first-order chi connectivity index (χ1) is 7.05. The average molecular weight is 210 g/mol. The summed E-state index contributed by atoms with van der Waals surface area (Å²) in [6.07, 6.45) is 6.17. The molecule has 1 aliphatic carbocycles. The number of unbranched alkanes of at least 4 members (excludes halogenated alkanes) is 1. The Labute approximate surface area is 92.7 Å². The van der Waals surface area contributed by atoms with E-state index in [2.05, 4.69) is 26.8 Å². The molecule has 86 valence electrons. The second-order valence-corrected chi connectivity index (χ2v) is 4.87. The molecule has 0 heterocycles. The lowest BCUT2D eigenvalue weighted by molar-refractivity contribution is -0.146. The van der Waals surface area contributed by atoms with Gasteiger partial charge >= 0.3 is 5.97 Å². The van der Waals surface area contributed by atoms with E-state index >= 15 is 0 Å². The Morgan fingerprint density at radius 2 is 2.13 bits per heavy atom. The van der Waals surface area contributed by atoms with Gasteiger partial charge in [0.25, 0.3) is 0 Å². The quantitative estimate of drug-likeness (QED) is 0.396. The summed E-state index contributed by atoms with van der Waals surface area (Å²) < 4.78 is 5.25. The van der Waals surface area contributed by atoms with E-state index in [0.717, 1.165) is 12.8 Å². The van der Waals surface area contributed by atoms with Gasteiger partial charge in [-0.05, 0) is 24.7 Å². The Hall–Kier alpha value is -0.790. The Bertz CT molecular complexity index is 253. The van der Waals surface area contributed by atoms with Gasteiger partial charge in [-0.3, -0.25) is 4.79 Å². The highest BCUT2D eigenvalue weighted by molar-refractivity contribution is 5.78. The van der Waals surface area contributed by atoms with E-state index < -0.39 is 0 Å². The van der Waals surface area contributed by atoms with Gasteiger partial charge < -0.3 is 4.74 Å². The predicted octanol–water partition coefficient (Wildman–Crippen LogP) is 3.18. The van der Waals surface area contributed by atoms with Gasteiger partial charge in [0, 0.05) is 0 Å². The van der Waals surface area contributed by atoms with Crippen molar-refractivity contribution in [2.45, 2.75) is 40.5 Å². The van der Waals surface area contributed by atoms with Gasteiger partial charge in [0.2, 0.25) is 0 Å². The van der Waals surface area contributed by atoms with Crippen molar-refractivity contribution in [3.63, 3.8) is 0 Å². The van der Waals surface area contributed by atoms with Crippen LogP contribution in [0.15, 0.2) is 12.2 Å². The summed E-state index contributed by atoms with van der Waals surface area (Å²) in [6, 6.07) is 0. The van der Waals surface area contributed by atoms with E-state index in [1.807, 2.05) is 13.0 Å². The van der Waals surface area contributed by atoms with Crippen LogP contribution < -0.4 is 0 Å². The minimum absolute atomic E-state index is 0.0171. The largest absolute Gasteiger partial charge is 0.465 e. The molecule has 2 heteroatoms. The zero-order chi connectivity index (χ0) is 11.5. The lowest BCUT2D eigenvalue weighted by atomic mass is 10.1. The molecule has 1 fully saturated rings. The second kappa shape index (κ2) is 4.82. The SMILES string of the molecule is C/C=C\C1C(C(=O)OCCCC)C1(C)C. The molecule has 0 aromatic carbocycles. The van der Waals surface area contributed by atoms with Crippen molar-refractivity contribution in [1.82, 2.24) is 0 Å². The normalized spacial score (nSPS) is 28.0. The van der Waals surface area contributed by atoms with E-state index in [1.54, 1.807) is 0 Å². The second-order valence-electron chi connectivity index (χ2n) is 4.87. The van der Waals surface area contributed by atoms with Crippen LogP contribution in [0.25, 0.3) is 0 Å². The van der Waals surface area contributed by atoms with Crippen molar-refractivity contribution in [3.05, 3.63) is 12.2 Å². The standard InChI is InChI=1S/C13H22O2/c1-5-7-9-15-12(14)11-10(8-6-2)13(11,3)4/h6,8,10-11H,5,7,9H2,1-4H3/b8-6-. The Morgan fingerprint density at radius 1 is 1.47 bits per heavy atom. The zero-order valence-electron chi connectivity index (χ0n) is 10.2. The fraction of sp³-hybridized carbons (Fsp3) is 0.769. The van der Waals surface area contributed by atoms with Crippen LogP contribution in [0.1, 0.15) is 40.5 Å². The maximum atomic E-state index is 11.7. The highest BCUT2D eigenvalue weighted by Gasteiger charge is 2.61. The van der Waals surface area contributed by atoms with Crippen LogP contribution in [-0.2, 0) is 9.53 Å². The maximum Gasteiger partial charge on any atom is 0.310 e. The number of hydrogen-bond acceptors (Lipinski definition) is 2. The molecule has 1 aliphatic rings. The summed E-state index contributed by atoms with van der Waals surface area (Å²) in [5.41, 5.74) is 0.0931. The highest BCUT2D eigenvalue weighted by atomic mass is 16.5. The number of rotatable bonds is 5. The molecular formula is C13H22O2. The molecule has 0 N–H and O–H groups in total. The summed E-state index contributed by atoms with van der Waals surface area (Å²) in [4.78, 5) is 11.7. The molecule has 0 spiro atoms.